The molecule has 0 aromatic heterocycles. The number of para-hydroxylation sites is 1. The molecular weight excluding hydrogens is 250 g/mol. The Morgan fingerprint density at radius 1 is 1.25 bits per heavy atom. The first-order valence-corrected chi connectivity index (χ1v) is 7.48. The molecule has 1 aliphatic carbocycles. The molecule has 2 N–H and O–H groups in total. The molecule has 2 atom stereocenters. The maximum absolute atomic E-state index is 12.7. The molecule has 1 heterocycles. The van der Waals surface area contributed by atoms with E-state index in [0.717, 1.165) is 38.9 Å². The van der Waals surface area contributed by atoms with Gasteiger partial charge in [0.1, 0.15) is 0 Å². The van der Waals surface area contributed by atoms with Crippen LogP contribution in [0.1, 0.15) is 24.8 Å². The number of carbonyl (C=O) groups excluding carboxylic acids is 1. The SMILES string of the molecule is CN1CCN(C(=O)C2CCC(N)C2)Cc2ccccc21. The van der Waals surface area contributed by atoms with Crippen molar-refractivity contribution in [3.63, 3.8) is 0 Å². The van der Waals surface area contributed by atoms with Gasteiger partial charge in [0, 0.05) is 44.3 Å². The fourth-order valence-corrected chi connectivity index (χ4v) is 3.38. The molecule has 0 saturated heterocycles. The minimum atomic E-state index is 0.139. The van der Waals surface area contributed by atoms with Gasteiger partial charge in [-0.1, -0.05) is 18.2 Å². The summed E-state index contributed by atoms with van der Waals surface area (Å²) in [4.78, 5) is 16.9. The monoisotopic (exact) mass is 273 g/mol. The van der Waals surface area contributed by atoms with E-state index in [1.54, 1.807) is 0 Å². The molecule has 4 nitrogen and oxygen atoms in total. The minimum absolute atomic E-state index is 0.139. The van der Waals surface area contributed by atoms with Crippen molar-refractivity contribution in [1.29, 1.82) is 0 Å². The Hall–Kier alpha value is -1.55. The van der Waals surface area contributed by atoms with Gasteiger partial charge in [-0.05, 0) is 30.9 Å². The number of rotatable bonds is 1. The van der Waals surface area contributed by atoms with Gasteiger partial charge >= 0.3 is 0 Å². The Morgan fingerprint density at radius 2 is 2.05 bits per heavy atom. The molecule has 1 aliphatic heterocycles. The molecule has 4 heteroatoms. The summed E-state index contributed by atoms with van der Waals surface area (Å²) < 4.78 is 0. The Balaban J connectivity index is 1.77. The Morgan fingerprint density at radius 3 is 2.80 bits per heavy atom. The van der Waals surface area contributed by atoms with Crippen molar-refractivity contribution in [3.05, 3.63) is 29.8 Å². The van der Waals surface area contributed by atoms with Crippen LogP contribution in [0.3, 0.4) is 0 Å². The van der Waals surface area contributed by atoms with Crippen LogP contribution in [0.2, 0.25) is 0 Å². The van der Waals surface area contributed by atoms with E-state index < -0.39 is 0 Å². The van der Waals surface area contributed by atoms with E-state index in [0.29, 0.717) is 5.91 Å². The number of carbonyl (C=O) groups is 1. The lowest BCUT2D eigenvalue weighted by Gasteiger charge is -2.24. The van der Waals surface area contributed by atoms with Gasteiger partial charge in [-0.25, -0.2) is 0 Å². The van der Waals surface area contributed by atoms with Crippen molar-refractivity contribution < 1.29 is 4.79 Å². The van der Waals surface area contributed by atoms with E-state index in [9.17, 15) is 4.79 Å². The van der Waals surface area contributed by atoms with Gasteiger partial charge in [0.05, 0.1) is 0 Å². The van der Waals surface area contributed by atoms with Crippen LogP contribution in [0.4, 0.5) is 5.69 Å². The van der Waals surface area contributed by atoms with Crippen molar-refractivity contribution in [2.24, 2.45) is 11.7 Å². The second-order valence-electron chi connectivity index (χ2n) is 6.08. The molecule has 1 aromatic rings. The van der Waals surface area contributed by atoms with E-state index in [2.05, 4.69) is 30.1 Å². The third-order valence-electron chi connectivity index (χ3n) is 4.60. The first-order valence-electron chi connectivity index (χ1n) is 7.48. The maximum atomic E-state index is 12.7. The molecular formula is C16H23N3O. The van der Waals surface area contributed by atoms with Gasteiger partial charge in [-0.3, -0.25) is 4.79 Å². The van der Waals surface area contributed by atoms with Crippen LogP contribution in [0.15, 0.2) is 24.3 Å². The van der Waals surface area contributed by atoms with Gasteiger partial charge in [0.2, 0.25) is 5.91 Å². The number of amides is 1. The number of anilines is 1. The number of nitrogens with two attached hydrogens (primary N) is 1. The number of hydrogen-bond donors (Lipinski definition) is 1. The predicted octanol–water partition coefficient (Wildman–Crippen LogP) is 1.59. The lowest BCUT2D eigenvalue weighted by Crippen LogP contribution is -2.38. The van der Waals surface area contributed by atoms with Gasteiger partial charge in [0.15, 0.2) is 0 Å². The second-order valence-corrected chi connectivity index (χ2v) is 6.08. The fourth-order valence-electron chi connectivity index (χ4n) is 3.38. The number of hydrogen-bond acceptors (Lipinski definition) is 3. The molecule has 1 saturated carbocycles. The van der Waals surface area contributed by atoms with Crippen LogP contribution < -0.4 is 10.6 Å². The zero-order valence-electron chi connectivity index (χ0n) is 12.1. The Bertz CT molecular complexity index is 502. The lowest BCUT2D eigenvalue weighted by molar-refractivity contribution is -0.135. The smallest absolute Gasteiger partial charge is 0.226 e. The normalized spacial score (nSPS) is 26.3. The van der Waals surface area contributed by atoms with Gasteiger partial charge < -0.3 is 15.5 Å². The summed E-state index contributed by atoms with van der Waals surface area (Å²) >= 11 is 0. The molecule has 2 unspecified atom stereocenters. The summed E-state index contributed by atoms with van der Waals surface area (Å²) in [6.07, 6.45) is 2.79. The highest BCUT2D eigenvalue weighted by Crippen LogP contribution is 2.29. The zero-order valence-corrected chi connectivity index (χ0v) is 12.1. The molecule has 1 amide bonds. The molecule has 20 heavy (non-hydrogen) atoms. The van der Waals surface area contributed by atoms with Gasteiger partial charge in [-0.15, -0.1) is 0 Å². The maximum Gasteiger partial charge on any atom is 0.226 e. The summed E-state index contributed by atoms with van der Waals surface area (Å²) in [5.41, 5.74) is 8.42. The number of likely N-dealkylation sites (N-methyl/N-ethyl adjacent to an activating group) is 1. The Kier molecular flexibility index (Phi) is 3.66. The summed E-state index contributed by atoms with van der Waals surface area (Å²) in [6, 6.07) is 8.58. The zero-order chi connectivity index (χ0) is 14.1. The quantitative estimate of drug-likeness (QED) is 0.845. The summed E-state index contributed by atoms with van der Waals surface area (Å²) in [7, 11) is 2.10. The summed E-state index contributed by atoms with van der Waals surface area (Å²) in [6.45, 7) is 2.42. The lowest BCUT2D eigenvalue weighted by atomic mass is 10.1. The van der Waals surface area contributed by atoms with E-state index in [1.807, 2.05) is 11.0 Å². The molecule has 0 bridgehead atoms. The first-order chi connectivity index (χ1) is 9.65. The van der Waals surface area contributed by atoms with Crippen molar-refractivity contribution in [2.75, 3.05) is 25.0 Å². The second kappa shape index (κ2) is 5.44. The van der Waals surface area contributed by atoms with Gasteiger partial charge in [0.25, 0.3) is 0 Å². The third-order valence-corrected chi connectivity index (χ3v) is 4.60. The van der Waals surface area contributed by atoms with Crippen molar-refractivity contribution in [2.45, 2.75) is 31.8 Å². The topological polar surface area (TPSA) is 49.6 Å². The molecule has 108 valence electrons. The van der Waals surface area contributed by atoms with Crippen LogP contribution >= 0.6 is 0 Å². The highest BCUT2D eigenvalue weighted by atomic mass is 16.2. The van der Waals surface area contributed by atoms with Crippen LogP contribution in [-0.4, -0.2) is 37.0 Å². The minimum Gasteiger partial charge on any atom is -0.373 e. The first kappa shape index (κ1) is 13.4. The molecule has 0 radical (unpaired) electrons. The highest BCUT2D eigenvalue weighted by molar-refractivity contribution is 5.79. The fraction of sp³-hybridized carbons (Fsp3) is 0.562. The summed E-state index contributed by atoms with van der Waals surface area (Å²) in [5.74, 6) is 0.434. The average Bonchev–Trinajstić information content (AvgIpc) is 2.81. The molecule has 1 aromatic carbocycles. The largest absolute Gasteiger partial charge is 0.373 e. The van der Waals surface area contributed by atoms with E-state index in [4.69, 9.17) is 5.73 Å². The number of nitrogens with zero attached hydrogens (tertiary/aromatic N) is 2. The molecule has 0 spiro atoms. The number of benzene rings is 1. The van der Waals surface area contributed by atoms with E-state index in [-0.39, 0.29) is 12.0 Å². The molecule has 3 rings (SSSR count). The average molecular weight is 273 g/mol. The van der Waals surface area contributed by atoms with Gasteiger partial charge in [-0.2, -0.15) is 0 Å². The van der Waals surface area contributed by atoms with E-state index >= 15 is 0 Å². The van der Waals surface area contributed by atoms with E-state index in [1.165, 1.54) is 11.3 Å². The van der Waals surface area contributed by atoms with Crippen LogP contribution in [-0.2, 0) is 11.3 Å². The van der Waals surface area contributed by atoms with Crippen molar-refractivity contribution in [1.82, 2.24) is 4.90 Å². The number of fused-ring (bicyclic) bond motifs is 1. The van der Waals surface area contributed by atoms with Crippen molar-refractivity contribution in [3.8, 4) is 0 Å². The standard InChI is InChI=1S/C16H23N3O/c1-18-8-9-19(11-13-4-2-3-5-15(13)18)16(20)12-6-7-14(17)10-12/h2-5,12,14H,6-11,17H2,1H3. The van der Waals surface area contributed by atoms with Crippen LogP contribution in [0.25, 0.3) is 0 Å². The Labute approximate surface area is 120 Å². The predicted molar refractivity (Wildman–Crippen MR) is 80.4 cm³/mol. The highest BCUT2D eigenvalue weighted by Gasteiger charge is 2.32. The third kappa shape index (κ3) is 2.52. The van der Waals surface area contributed by atoms with Crippen molar-refractivity contribution >= 4 is 11.6 Å². The molecule has 1 fully saturated rings. The summed E-state index contributed by atoms with van der Waals surface area (Å²) in [5, 5.41) is 0. The molecule has 2 aliphatic rings. The van der Waals surface area contributed by atoms with Crippen LogP contribution in [0, 0.1) is 5.92 Å². The van der Waals surface area contributed by atoms with Crippen LogP contribution in [0.5, 0.6) is 0 Å².